The zero-order valence-corrected chi connectivity index (χ0v) is 23.1. The molecule has 0 aromatic heterocycles. The van der Waals surface area contributed by atoms with Gasteiger partial charge in [0, 0.05) is 55.2 Å². The topological polar surface area (TPSA) is 81.2 Å². The molecule has 200 valence electrons. The Balaban J connectivity index is 1.34. The zero-order valence-electron chi connectivity index (χ0n) is 21.5. The number of rotatable bonds is 8. The lowest BCUT2D eigenvalue weighted by Gasteiger charge is -2.46. The molecule has 9 heteroatoms. The zero-order chi connectivity index (χ0) is 25.7. The molecule has 1 amide bonds. The second-order valence-electron chi connectivity index (χ2n) is 12.0. The molecule has 2 heterocycles. The van der Waals surface area contributed by atoms with E-state index >= 15 is 0 Å². The van der Waals surface area contributed by atoms with E-state index in [4.69, 9.17) is 11.6 Å². The summed E-state index contributed by atoms with van der Waals surface area (Å²) >= 11 is 6.06. The van der Waals surface area contributed by atoms with Gasteiger partial charge < -0.3 is 10.0 Å². The van der Waals surface area contributed by atoms with Crippen LogP contribution in [0.3, 0.4) is 0 Å². The van der Waals surface area contributed by atoms with Crippen molar-refractivity contribution in [2.45, 2.75) is 87.7 Å². The van der Waals surface area contributed by atoms with Gasteiger partial charge in [0.15, 0.2) is 0 Å². The predicted molar refractivity (Wildman–Crippen MR) is 140 cm³/mol. The number of benzene rings is 1. The van der Waals surface area contributed by atoms with Gasteiger partial charge in [0.05, 0.1) is 11.5 Å². The lowest BCUT2D eigenvalue weighted by atomic mass is 9.83. The second-order valence-corrected chi connectivity index (χ2v) is 14.3. The lowest BCUT2D eigenvalue weighted by Crippen LogP contribution is -2.58. The van der Waals surface area contributed by atoms with Crippen molar-refractivity contribution < 1.29 is 18.3 Å². The molecular weight excluding hydrogens is 498 g/mol. The minimum atomic E-state index is -3.69. The summed E-state index contributed by atoms with van der Waals surface area (Å²) < 4.78 is 29.9. The number of piperazine rings is 1. The Labute approximate surface area is 220 Å². The summed E-state index contributed by atoms with van der Waals surface area (Å²) in [5.74, 6) is 0.579. The van der Waals surface area contributed by atoms with Crippen LogP contribution < -0.4 is 0 Å². The fraction of sp³-hybridized carbons (Fsp3) is 0.741. The van der Waals surface area contributed by atoms with Gasteiger partial charge >= 0.3 is 0 Å². The first-order valence-corrected chi connectivity index (χ1v) is 15.3. The van der Waals surface area contributed by atoms with E-state index in [9.17, 15) is 18.3 Å². The lowest BCUT2D eigenvalue weighted by molar-refractivity contribution is -0.136. The van der Waals surface area contributed by atoms with Crippen LogP contribution in [0.5, 0.6) is 0 Å². The number of hydrogen-bond acceptors (Lipinski definition) is 5. The smallest absolute Gasteiger partial charge is 0.243 e. The maximum Gasteiger partial charge on any atom is 0.243 e. The van der Waals surface area contributed by atoms with Crippen molar-refractivity contribution in [2.75, 3.05) is 32.8 Å². The van der Waals surface area contributed by atoms with Gasteiger partial charge in [-0.15, -0.1) is 0 Å². The highest BCUT2D eigenvalue weighted by molar-refractivity contribution is 7.89. The molecule has 2 atom stereocenters. The van der Waals surface area contributed by atoms with Crippen LogP contribution in [-0.2, 0) is 14.8 Å². The number of amides is 1. The number of aliphatic hydroxyl groups excluding tert-OH is 1. The van der Waals surface area contributed by atoms with Gasteiger partial charge in [0.2, 0.25) is 15.9 Å². The number of piperidine rings is 1. The molecule has 2 aliphatic carbocycles. The minimum absolute atomic E-state index is 0.0289. The summed E-state index contributed by atoms with van der Waals surface area (Å²) in [5.41, 5.74) is -0.547. The number of carbonyl (C=O) groups excluding carboxylic acids is 1. The molecule has 1 aromatic carbocycles. The number of hydrogen-bond donors (Lipinski definition) is 1. The van der Waals surface area contributed by atoms with E-state index in [2.05, 4.69) is 4.90 Å². The molecule has 0 bridgehead atoms. The van der Waals surface area contributed by atoms with Gasteiger partial charge in [-0.25, -0.2) is 8.42 Å². The predicted octanol–water partition coefficient (Wildman–Crippen LogP) is 3.75. The molecule has 0 unspecified atom stereocenters. The molecule has 1 aromatic rings. The van der Waals surface area contributed by atoms with E-state index in [1.54, 1.807) is 24.3 Å². The van der Waals surface area contributed by atoms with Crippen LogP contribution in [0.2, 0.25) is 5.02 Å². The highest BCUT2D eigenvalue weighted by Crippen LogP contribution is 2.58. The molecule has 5 rings (SSSR count). The van der Waals surface area contributed by atoms with Crippen LogP contribution in [0.15, 0.2) is 29.2 Å². The van der Waals surface area contributed by atoms with E-state index in [0.717, 1.165) is 58.0 Å². The van der Waals surface area contributed by atoms with Gasteiger partial charge in [-0.1, -0.05) is 18.0 Å². The maximum atomic E-state index is 14.0. The van der Waals surface area contributed by atoms with Crippen LogP contribution >= 0.6 is 11.6 Å². The summed E-state index contributed by atoms with van der Waals surface area (Å²) in [6.45, 7) is 6.94. The van der Waals surface area contributed by atoms with Gasteiger partial charge in [-0.2, -0.15) is 4.31 Å². The fourth-order valence-electron chi connectivity index (χ4n) is 6.44. The number of halogens is 1. The van der Waals surface area contributed by atoms with E-state index < -0.39 is 10.0 Å². The van der Waals surface area contributed by atoms with Crippen molar-refractivity contribution >= 4 is 27.5 Å². The van der Waals surface area contributed by atoms with E-state index in [1.807, 2.05) is 23.1 Å². The molecule has 2 aliphatic heterocycles. The highest BCUT2D eigenvalue weighted by Gasteiger charge is 2.58. The van der Waals surface area contributed by atoms with E-state index in [-0.39, 0.29) is 35.6 Å². The maximum absolute atomic E-state index is 14.0. The number of sulfonamides is 1. The Bertz CT molecular complexity index is 1060. The summed E-state index contributed by atoms with van der Waals surface area (Å²) in [5, 5.41) is 10.2. The molecule has 7 nitrogen and oxygen atoms in total. The first-order valence-electron chi connectivity index (χ1n) is 13.5. The van der Waals surface area contributed by atoms with Crippen molar-refractivity contribution in [3.05, 3.63) is 29.3 Å². The molecule has 4 fully saturated rings. The van der Waals surface area contributed by atoms with Crippen molar-refractivity contribution in [3.8, 4) is 0 Å². The Morgan fingerprint density at radius 2 is 1.69 bits per heavy atom. The average molecular weight is 538 g/mol. The van der Waals surface area contributed by atoms with Crippen LogP contribution in [0.1, 0.15) is 65.2 Å². The third kappa shape index (κ3) is 5.08. The largest absolute Gasteiger partial charge is 0.394 e. The number of aliphatic hydroxyl groups is 1. The third-order valence-electron chi connectivity index (χ3n) is 9.14. The quantitative estimate of drug-likeness (QED) is 0.546. The van der Waals surface area contributed by atoms with Gasteiger partial charge in [-0.3, -0.25) is 9.69 Å². The molecule has 0 radical (unpaired) electrons. The summed E-state index contributed by atoms with van der Waals surface area (Å²) in [7, 11) is -3.69. The van der Waals surface area contributed by atoms with Crippen molar-refractivity contribution in [2.24, 2.45) is 11.3 Å². The van der Waals surface area contributed by atoms with Gasteiger partial charge in [0.1, 0.15) is 0 Å². The van der Waals surface area contributed by atoms with Crippen LogP contribution in [-0.4, -0.2) is 83.9 Å². The first-order chi connectivity index (χ1) is 17.1. The molecule has 4 aliphatic rings. The average Bonchev–Trinajstić information content (AvgIpc) is 3.80. The summed E-state index contributed by atoms with van der Waals surface area (Å²) in [4.78, 5) is 18.0. The Kier molecular flexibility index (Phi) is 7.22. The van der Waals surface area contributed by atoms with Crippen molar-refractivity contribution in [3.63, 3.8) is 0 Å². The van der Waals surface area contributed by atoms with Crippen LogP contribution in [0.25, 0.3) is 0 Å². The molecule has 2 saturated heterocycles. The normalized spacial score (nSPS) is 27.7. The minimum Gasteiger partial charge on any atom is -0.394 e. The Morgan fingerprint density at radius 3 is 2.25 bits per heavy atom. The SMILES string of the molecule is CC(C)(CO)N1CCN(C(=O)CC2([C@H]3CCC[C@@H](C4CC4)N3S(=O)(=O)c3ccc(Cl)cc3)CC2)CC1. The van der Waals surface area contributed by atoms with E-state index in [1.165, 1.54) is 0 Å². The second kappa shape index (κ2) is 9.84. The van der Waals surface area contributed by atoms with Crippen molar-refractivity contribution in [1.82, 2.24) is 14.1 Å². The number of carbonyl (C=O) groups is 1. The Hall–Kier alpha value is -1.19. The summed E-state index contributed by atoms with van der Waals surface area (Å²) in [6.07, 6.45) is 7.15. The van der Waals surface area contributed by atoms with E-state index in [0.29, 0.717) is 35.3 Å². The monoisotopic (exact) mass is 537 g/mol. The van der Waals surface area contributed by atoms with Gasteiger partial charge in [-0.05, 0) is 88.0 Å². The summed E-state index contributed by atoms with van der Waals surface area (Å²) in [6, 6.07) is 6.43. The van der Waals surface area contributed by atoms with Crippen molar-refractivity contribution in [1.29, 1.82) is 0 Å². The Morgan fingerprint density at radius 1 is 1.06 bits per heavy atom. The fourth-order valence-corrected chi connectivity index (χ4v) is 8.59. The van der Waals surface area contributed by atoms with Crippen LogP contribution in [0.4, 0.5) is 0 Å². The highest BCUT2D eigenvalue weighted by atomic mass is 35.5. The number of nitrogens with zero attached hydrogens (tertiary/aromatic N) is 3. The molecule has 36 heavy (non-hydrogen) atoms. The third-order valence-corrected chi connectivity index (χ3v) is 11.3. The van der Waals surface area contributed by atoms with Crippen LogP contribution in [0, 0.1) is 11.3 Å². The molecule has 2 saturated carbocycles. The van der Waals surface area contributed by atoms with Gasteiger partial charge in [0.25, 0.3) is 0 Å². The molecular formula is C27H40ClN3O4S. The molecule has 0 spiro atoms. The first kappa shape index (κ1) is 26.4. The standard InChI is InChI=1S/C27H40ClN3O4S/c1-26(2,19-32)30-16-14-29(15-17-30)25(33)18-27(12-13-27)24-5-3-4-23(20-6-7-20)31(24)36(34,35)22-10-8-21(28)9-11-22/h8-11,20,23-24,32H,3-7,12-19H2,1-2H3/t23-,24+/m0/s1. The molecule has 1 N–H and O–H groups in total.